The van der Waals surface area contributed by atoms with Crippen LogP contribution in [-0.2, 0) is 37.5 Å². The van der Waals surface area contributed by atoms with Crippen LogP contribution in [0.4, 0.5) is 0 Å². The molecule has 0 aromatic carbocycles. The van der Waals surface area contributed by atoms with E-state index in [1.165, 1.54) is 83.5 Å². The van der Waals surface area contributed by atoms with Crippen LogP contribution in [0.3, 0.4) is 0 Å². The lowest BCUT2D eigenvalue weighted by Crippen LogP contribution is -2.29. The van der Waals surface area contributed by atoms with E-state index in [-0.39, 0.29) is 38.4 Å². The van der Waals surface area contributed by atoms with Crippen molar-refractivity contribution in [2.45, 2.75) is 193 Å². The van der Waals surface area contributed by atoms with E-state index in [0.717, 1.165) is 57.8 Å². The first kappa shape index (κ1) is 51.9. The van der Waals surface area contributed by atoms with Crippen molar-refractivity contribution in [3.63, 3.8) is 0 Å². The molecule has 0 heterocycles. The van der Waals surface area contributed by atoms with Crippen molar-refractivity contribution in [2.24, 2.45) is 5.73 Å². The lowest BCUT2D eigenvalue weighted by molar-refractivity contribution is -0.161. The number of rotatable bonds is 40. The van der Waals surface area contributed by atoms with Gasteiger partial charge in [0.25, 0.3) is 0 Å². The van der Waals surface area contributed by atoms with Crippen molar-refractivity contribution >= 4 is 25.5 Å². The van der Waals surface area contributed by atoms with E-state index in [1.807, 2.05) is 12.2 Å². The van der Waals surface area contributed by atoms with E-state index in [4.69, 9.17) is 24.3 Å². The Morgan fingerprint density at radius 3 is 1.67 bits per heavy atom. The molecule has 2 atom stereocenters. The number of ether oxygens (including phenoxy) is 2. The largest absolute Gasteiger partial charge is 0.472 e. The van der Waals surface area contributed by atoms with E-state index < -0.39 is 32.5 Å². The van der Waals surface area contributed by atoms with Crippen LogP contribution in [0.15, 0.2) is 36.5 Å². The second-order valence-corrected chi connectivity index (χ2v) is 15.7. The minimum Gasteiger partial charge on any atom is -0.462 e. The summed E-state index contributed by atoms with van der Waals surface area (Å²) in [4.78, 5) is 46.8. The van der Waals surface area contributed by atoms with Gasteiger partial charge in [0.15, 0.2) is 11.9 Å². The Kier molecular flexibility index (Phi) is 37.6. The Morgan fingerprint density at radius 2 is 1.07 bits per heavy atom. The molecule has 3 N–H and O–H groups in total. The number of carbonyl (C=O) groups excluding carboxylic acids is 3. The Bertz CT molecular complexity index is 1050. The van der Waals surface area contributed by atoms with Gasteiger partial charge in [-0.15, -0.1) is 0 Å². The number of unbranched alkanes of at least 4 members (excludes halogenated alkanes) is 20. The van der Waals surface area contributed by atoms with E-state index >= 15 is 0 Å². The fourth-order valence-corrected chi connectivity index (χ4v) is 6.49. The number of hydrogen-bond acceptors (Lipinski definition) is 9. The number of hydrogen-bond donors (Lipinski definition) is 2. The maximum atomic E-state index is 12.6. The molecule has 54 heavy (non-hydrogen) atoms. The summed E-state index contributed by atoms with van der Waals surface area (Å²) in [6.45, 7) is 3.53. The van der Waals surface area contributed by atoms with Gasteiger partial charge in [-0.3, -0.25) is 23.4 Å². The van der Waals surface area contributed by atoms with Crippen molar-refractivity contribution in [3.05, 3.63) is 36.5 Å². The molecule has 0 fully saturated rings. The normalized spacial score (nSPS) is 13.6. The molecule has 0 aromatic heterocycles. The van der Waals surface area contributed by atoms with Crippen molar-refractivity contribution < 1.29 is 42.4 Å². The Morgan fingerprint density at radius 1 is 0.593 bits per heavy atom. The second-order valence-electron chi connectivity index (χ2n) is 14.2. The van der Waals surface area contributed by atoms with Gasteiger partial charge in [0.2, 0.25) is 0 Å². The Labute approximate surface area is 329 Å². The highest BCUT2D eigenvalue weighted by Crippen LogP contribution is 2.43. The van der Waals surface area contributed by atoms with E-state index in [9.17, 15) is 23.8 Å². The minimum atomic E-state index is -4.40. The summed E-state index contributed by atoms with van der Waals surface area (Å²) in [5, 5.41) is 0. The average Bonchev–Trinajstić information content (AvgIpc) is 3.15. The second kappa shape index (κ2) is 39.1. The first-order valence-electron chi connectivity index (χ1n) is 21.4. The highest BCUT2D eigenvalue weighted by atomic mass is 31.2. The minimum absolute atomic E-state index is 0.0350. The molecule has 0 amide bonds. The predicted octanol–water partition coefficient (Wildman–Crippen LogP) is 11.3. The summed E-state index contributed by atoms with van der Waals surface area (Å²) < 4.78 is 32.7. The summed E-state index contributed by atoms with van der Waals surface area (Å²) in [6, 6.07) is 0. The first-order valence-corrected chi connectivity index (χ1v) is 22.9. The fourth-order valence-electron chi connectivity index (χ4n) is 5.73. The van der Waals surface area contributed by atoms with Crippen LogP contribution in [0.5, 0.6) is 0 Å². The molecule has 0 saturated heterocycles. The molecule has 0 spiro atoms. The third-order valence-electron chi connectivity index (χ3n) is 8.97. The van der Waals surface area contributed by atoms with E-state index in [0.29, 0.717) is 19.3 Å². The molecule has 0 aliphatic rings. The summed E-state index contributed by atoms with van der Waals surface area (Å²) in [5.74, 6) is -0.802. The number of ketones is 1. The SMILES string of the molecule is CCCCC/C=C\C=C\C(=O)CCCCCCCC(=O)OC[C@H](COP(=O)(O)OCCN)OC(=O)CCCCCCCCC/C=C\CCCCCCCC. The van der Waals surface area contributed by atoms with E-state index in [2.05, 4.69) is 32.1 Å². The number of esters is 2. The lowest BCUT2D eigenvalue weighted by Gasteiger charge is -2.19. The van der Waals surface area contributed by atoms with Crippen LogP contribution in [0.1, 0.15) is 187 Å². The smallest absolute Gasteiger partial charge is 0.462 e. The van der Waals surface area contributed by atoms with Gasteiger partial charge in [0, 0.05) is 25.8 Å². The summed E-state index contributed by atoms with van der Waals surface area (Å²) in [5.41, 5.74) is 5.34. The van der Waals surface area contributed by atoms with Gasteiger partial charge in [-0.05, 0) is 63.9 Å². The molecule has 0 saturated carbocycles. The molecule has 0 aromatic rings. The molecule has 0 aliphatic carbocycles. The number of carbonyl (C=O) groups is 3. The van der Waals surface area contributed by atoms with E-state index in [1.54, 1.807) is 6.08 Å². The molecule has 1 unspecified atom stereocenters. The molecule has 314 valence electrons. The fraction of sp³-hybridized carbons (Fsp3) is 0.791. The average molecular weight is 784 g/mol. The monoisotopic (exact) mass is 784 g/mol. The zero-order valence-corrected chi connectivity index (χ0v) is 35.1. The van der Waals surface area contributed by atoms with Crippen molar-refractivity contribution in [3.8, 4) is 0 Å². The predicted molar refractivity (Wildman–Crippen MR) is 220 cm³/mol. The zero-order valence-electron chi connectivity index (χ0n) is 34.2. The highest BCUT2D eigenvalue weighted by molar-refractivity contribution is 7.47. The highest BCUT2D eigenvalue weighted by Gasteiger charge is 2.26. The van der Waals surface area contributed by atoms with Crippen LogP contribution in [0, 0.1) is 0 Å². The maximum absolute atomic E-state index is 12.6. The van der Waals surface area contributed by atoms with Gasteiger partial charge in [0.05, 0.1) is 13.2 Å². The van der Waals surface area contributed by atoms with Gasteiger partial charge in [-0.25, -0.2) is 4.57 Å². The van der Waals surface area contributed by atoms with Crippen LogP contribution < -0.4 is 5.73 Å². The van der Waals surface area contributed by atoms with Gasteiger partial charge in [-0.2, -0.15) is 0 Å². The number of nitrogens with two attached hydrogens (primary N) is 1. The van der Waals surface area contributed by atoms with Gasteiger partial charge in [0.1, 0.15) is 6.61 Å². The molecular weight excluding hydrogens is 705 g/mol. The van der Waals surface area contributed by atoms with Gasteiger partial charge < -0.3 is 20.1 Å². The quantitative estimate of drug-likeness (QED) is 0.0153. The molecule has 11 heteroatoms. The molecule has 0 rings (SSSR count). The Hall–Kier alpha value is -2.10. The van der Waals surface area contributed by atoms with Crippen LogP contribution in [0.2, 0.25) is 0 Å². The number of phosphoric ester groups is 1. The van der Waals surface area contributed by atoms with Crippen molar-refractivity contribution in [2.75, 3.05) is 26.4 Å². The summed E-state index contributed by atoms with van der Waals surface area (Å²) in [7, 11) is -4.40. The van der Waals surface area contributed by atoms with Crippen LogP contribution >= 0.6 is 7.82 Å². The molecule has 0 bridgehead atoms. The van der Waals surface area contributed by atoms with Crippen LogP contribution in [0.25, 0.3) is 0 Å². The first-order chi connectivity index (χ1) is 26.2. The van der Waals surface area contributed by atoms with Crippen molar-refractivity contribution in [1.29, 1.82) is 0 Å². The topological polar surface area (TPSA) is 151 Å². The molecule has 10 nitrogen and oxygen atoms in total. The summed E-state index contributed by atoms with van der Waals surface area (Å²) in [6.07, 6.45) is 38.5. The lowest BCUT2D eigenvalue weighted by atomic mass is 10.1. The van der Waals surface area contributed by atoms with Gasteiger partial charge in [-0.1, -0.05) is 141 Å². The molecular formula is C43H78NO9P. The molecule has 0 aliphatic heterocycles. The standard InChI is InChI=1S/C43H78NO9P/c1-3-5-7-9-11-12-13-14-15-16-17-18-19-20-22-26-31-35-43(47)53-41(39-52-54(48,49)51-37-36-44)38-50-42(46)34-30-27-23-25-29-33-40(45)32-28-24-21-10-8-6-4-2/h14-15,21,24,28,32,41H,3-13,16-20,22-23,25-27,29-31,33-39,44H2,1-2H3,(H,48,49)/b15-14-,24-21-,32-28+/t41-/m1/s1. The summed E-state index contributed by atoms with van der Waals surface area (Å²) >= 11 is 0. The molecule has 0 radical (unpaired) electrons. The zero-order chi connectivity index (χ0) is 39.8. The maximum Gasteiger partial charge on any atom is 0.472 e. The third kappa shape index (κ3) is 38.2. The van der Waals surface area contributed by atoms with Crippen LogP contribution in [-0.4, -0.2) is 55.1 Å². The number of allylic oxidation sites excluding steroid dienone is 6. The van der Waals surface area contributed by atoms with Crippen molar-refractivity contribution in [1.82, 2.24) is 0 Å². The Balaban J connectivity index is 4.24. The third-order valence-corrected chi connectivity index (χ3v) is 9.96. The van der Waals surface area contributed by atoms with Gasteiger partial charge >= 0.3 is 19.8 Å². The number of phosphoric acid groups is 1.